The van der Waals surface area contributed by atoms with Crippen LogP contribution in [0.2, 0.25) is 0 Å². The summed E-state index contributed by atoms with van der Waals surface area (Å²) in [6, 6.07) is 20.5. The number of anilines is 1. The topological polar surface area (TPSA) is 60.9 Å². The van der Waals surface area contributed by atoms with Crippen LogP contribution in [0.3, 0.4) is 0 Å². The summed E-state index contributed by atoms with van der Waals surface area (Å²) in [4.78, 5) is 20.1. The highest BCUT2D eigenvalue weighted by atomic mass is 32.1. The number of rotatable bonds is 2. The third kappa shape index (κ3) is 2.88. The molecule has 158 valence electrons. The van der Waals surface area contributed by atoms with E-state index in [2.05, 4.69) is 43.3 Å². The van der Waals surface area contributed by atoms with Crippen molar-refractivity contribution in [3.8, 4) is 11.3 Å². The summed E-state index contributed by atoms with van der Waals surface area (Å²) < 4.78 is 1.91. The summed E-state index contributed by atoms with van der Waals surface area (Å²) in [6.45, 7) is 2.07. The Morgan fingerprint density at radius 1 is 0.969 bits per heavy atom. The first-order valence-electron chi connectivity index (χ1n) is 11.0. The van der Waals surface area contributed by atoms with Crippen molar-refractivity contribution in [1.29, 1.82) is 0 Å². The molecule has 3 aromatic heterocycles. The number of para-hydroxylation sites is 1. The van der Waals surface area contributed by atoms with Gasteiger partial charge in [-0.15, -0.1) is 11.3 Å². The Morgan fingerprint density at radius 3 is 2.59 bits per heavy atom. The number of nitrogens with zero attached hydrogens (tertiary/aromatic N) is 2. The largest absolute Gasteiger partial charge is 0.397 e. The Balaban J connectivity index is 1.50. The molecule has 0 bridgehead atoms. The van der Waals surface area contributed by atoms with E-state index >= 15 is 0 Å². The first kappa shape index (κ1) is 19.3. The van der Waals surface area contributed by atoms with Gasteiger partial charge in [0, 0.05) is 22.0 Å². The smallest absolute Gasteiger partial charge is 0.274 e. The molecule has 0 atom stereocenters. The molecule has 0 saturated carbocycles. The molecule has 1 aliphatic rings. The fourth-order valence-corrected chi connectivity index (χ4v) is 5.89. The van der Waals surface area contributed by atoms with E-state index in [1.165, 1.54) is 34.3 Å². The maximum atomic E-state index is 13.8. The van der Waals surface area contributed by atoms with E-state index in [-0.39, 0.29) is 5.91 Å². The zero-order valence-corrected chi connectivity index (χ0v) is 18.7. The van der Waals surface area contributed by atoms with Crippen LogP contribution in [0.1, 0.15) is 39.3 Å². The standard InChI is InChI=1S/C27H23N3OS/c1-16-10-12-17(13-11-16)21-15-14-20-24(28)25(32-26(20)29-21)27(31)30-22-8-4-2-6-18(22)19-7-3-5-9-23(19)30/h2,4,6,8,10-15H,3,5,7,9,28H2,1H3. The summed E-state index contributed by atoms with van der Waals surface area (Å²) in [6.07, 6.45) is 4.24. The number of nitrogen functional groups attached to an aromatic ring is 1. The third-order valence-electron chi connectivity index (χ3n) is 6.52. The van der Waals surface area contributed by atoms with Crippen LogP contribution in [0, 0.1) is 6.92 Å². The Hall–Kier alpha value is -3.44. The number of aryl methyl sites for hydroxylation is 2. The van der Waals surface area contributed by atoms with Gasteiger partial charge in [0.25, 0.3) is 5.91 Å². The number of pyridine rings is 1. The van der Waals surface area contributed by atoms with Gasteiger partial charge >= 0.3 is 0 Å². The van der Waals surface area contributed by atoms with Crippen LogP contribution in [0.4, 0.5) is 5.69 Å². The van der Waals surface area contributed by atoms with E-state index in [1.807, 2.05) is 28.8 Å². The molecule has 5 aromatic rings. The molecule has 0 fully saturated rings. The van der Waals surface area contributed by atoms with E-state index in [1.54, 1.807) is 0 Å². The van der Waals surface area contributed by atoms with Crippen LogP contribution >= 0.6 is 11.3 Å². The Bertz CT molecular complexity index is 1510. The lowest BCUT2D eigenvalue weighted by molar-refractivity contribution is 0.0966. The molecule has 2 N–H and O–H groups in total. The van der Waals surface area contributed by atoms with Gasteiger partial charge in [-0.1, -0.05) is 48.0 Å². The average Bonchev–Trinajstić information content (AvgIpc) is 3.34. The number of carbonyl (C=O) groups is 1. The number of nitrogens with two attached hydrogens (primary N) is 1. The van der Waals surface area contributed by atoms with Crippen molar-refractivity contribution in [2.45, 2.75) is 32.6 Å². The molecule has 0 spiro atoms. The molecule has 1 aliphatic carbocycles. The Morgan fingerprint density at radius 2 is 1.75 bits per heavy atom. The minimum absolute atomic E-state index is 0.0401. The number of hydrogen-bond donors (Lipinski definition) is 1. The summed E-state index contributed by atoms with van der Waals surface area (Å²) >= 11 is 1.39. The van der Waals surface area contributed by atoms with Gasteiger partial charge in [0.1, 0.15) is 9.71 Å². The molecular weight excluding hydrogens is 414 g/mol. The predicted octanol–water partition coefficient (Wildman–Crippen LogP) is 6.38. The van der Waals surface area contributed by atoms with Crippen molar-refractivity contribution < 1.29 is 4.79 Å². The van der Waals surface area contributed by atoms with Gasteiger partial charge < -0.3 is 5.73 Å². The summed E-state index contributed by atoms with van der Waals surface area (Å²) in [5, 5.41) is 2.04. The van der Waals surface area contributed by atoms with E-state index in [9.17, 15) is 4.79 Å². The summed E-state index contributed by atoms with van der Waals surface area (Å²) in [7, 11) is 0. The number of aromatic nitrogens is 2. The molecule has 32 heavy (non-hydrogen) atoms. The van der Waals surface area contributed by atoms with Crippen molar-refractivity contribution in [2.24, 2.45) is 0 Å². The van der Waals surface area contributed by atoms with Crippen LogP contribution in [0.25, 0.3) is 32.4 Å². The number of hydrogen-bond acceptors (Lipinski definition) is 4. The average molecular weight is 438 g/mol. The molecule has 6 rings (SSSR count). The van der Waals surface area contributed by atoms with Crippen molar-refractivity contribution in [3.63, 3.8) is 0 Å². The van der Waals surface area contributed by atoms with Gasteiger partial charge in [-0.2, -0.15) is 0 Å². The normalized spacial score (nSPS) is 13.5. The van der Waals surface area contributed by atoms with Crippen molar-refractivity contribution >= 4 is 44.1 Å². The Labute approximate surface area is 190 Å². The van der Waals surface area contributed by atoms with Crippen molar-refractivity contribution in [3.05, 3.63) is 82.4 Å². The molecule has 5 heteroatoms. The highest BCUT2D eigenvalue weighted by molar-refractivity contribution is 7.21. The van der Waals surface area contributed by atoms with Crippen LogP contribution < -0.4 is 5.73 Å². The lowest BCUT2D eigenvalue weighted by atomic mass is 9.95. The number of fused-ring (bicyclic) bond motifs is 4. The minimum atomic E-state index is -0.0401. The molecule has 4 nitrogen and oxygen atoms in total. The van der Waals surface area contributed by atoms with Gasteiger partial charge in [0.05, 0.1) is 16.9 Å². The molecule has 2 aromatic carbocycles. The van der Waals surface area contributed by atoms with E-state index in [0.29, 0.717) is 10.6 Å². The predicted molar refractivity (Wildman–Crippen MR) is 133 cm³/mol. The highest BCUT2D eigenvalue weighted by Gasteiger charge is 2.27. The third-order valence-corrected chi connectivity index (χ3v) is 7.62. The second kappa shape index (κ2) is 7.31. The van der Waals surface area contributed by atoms with Gasteiger partial charge in [-0.25, -0.2) is 4.98 Å². The number of benzene rings is 2. The first-order valence-corrected chi connectivity index (χ1v) is 11.9. The van der Waals surface area contributed by atoms with Gasteiger partial charge in [-0.05, 0) is 56.4 Å². The zero-order chi connectivity index (χ0) is 21.8. The monoisotopic (exact) mass is 437 g/mol. The lowest BCUT2D eigenvalue weighted by Crippen LogP contribution is -2.17. The fourth-order valence-electron chi connectivity index (χ4n) is 4.87. The first-order chi connectivity index (χ1) is 15.6. The molecular formula is C27H23N3OS. The van der Waals surface area contributed by atoms with Crippen LogP contribution in [-0.4, -0.2) is 15.5 Å². The molecule has 0 radical (unpaired) electrons. The van der Waals surface area contributed by atoms with Crippen molar-refractivity contribution in [2.75, 3.05) is 5.73 Å². The number of thiophene rings is 1. The minimum Gasteiger partial charge on any atom is -0.397 e. The maximum absolute atomic E-state index is 13.8. The summed E-state index contributed by atoms with van der Waals surface area (Å²) in [5.74, 6) is -0.0401. The van der Waals surface area contributed by atoms with Gasteiger partial charge in [0.15, 0.2) is 0 Å². The van der Waals surface area contributed by atoms with Gasteiger partial charge in [0.2, 0.25) is 0 Å². The highest BCUT2D eigenvalue weighted by Crippen LogP contribution is 2.38. The van der Waals surface area contributed by atoms with Crippen LogP contribution in [0.5, 0.6) is 0 Å². The van der Waals surface area contributed by atoms with Crippen LogP contribution in [-0.2, 0) is 12.8 Å². The zero-order valence-electron chi connectivity index (χ0n) is 17.9. The van der Waals surface area contributed by atoms with Crippen LogP contribution in [0.15, 0.2) is 60.7 Å². The van der Waals surface area contributed by atoms with Crippen molar-refractivity contribution in [1.82, 2.24) is 9.55 Å². The second-order valence-corrected chi connectivity index (χ2v) is 9.55. The Kier molecular flexibility index (Phi) is 4.40. The molecule has 3 heterocycles. The second-order valence-electron chi connectivity index (χ2n) is 8.55. The number of carbonyl (C=O) groups excluding carboxylic acids is 1. The molecule has 0 amide bonds. The molecule has 0 aliphatic heterocycles. The van der Waals surface area contributed by atoms with E-state index in [4.69, 9.17) is 10.7 Å². The lowest BCUT2D eigenvalue weighted by Gasteiger charge is -2.14. The fraction of sp³-hybridized carbons (Fsp3) is 0.185. The van der Waals surface area contributed by atoms with E-state index < -0.39 is 0 Å². The quantitative estimate of drug-likeness (QED) is 0.349. The maximum Gasteiger partial charge on any atom is 0.274 e. The molecule has 0 unspecified atom stereocenters. The summed E-state index contributed by atoms with van der Waals surface area (Å²) in [5.41, 5.74) is 13.6. The van der Waals surface area contributed by atoms with E-state index in [0.717, 1.165) is 51.9 Å². The van der Waals surface area contributed by atoms with Gasteiger partial charge in [-0.3, -0.25) is 9.36 Å². The SMILES string of the molecule is Cc1ccc(-c2ccc3c(N)c(C(=O)n4c5c(c6ccccc64)CCCC5)sc3n2)cc1. The molecule has 0 saturated heterocycles.